The van der Waals surface area contributed by atoms with E-state index in [1.807, 2.05) is 42.0 Å². The Bertz CT molecular complexity index is 964. The van der Waals surface area contributed by atoms with Crippen LogP contribution in [0.1, 0.15) is 40.0 Å². The molecule has 2 heterocycles. The highest BCUT2D eigenvalue weighted by Gasteiger charge is 2.33. The summed E-state index contributed by atoms with van der Waals surface area (Å²) < 4.78 is 3.74. The first kappa shape index (κ1) is 14.9. The molecule has 2 aromatic heterocycles. The molecule has 1 unspecified atom stereocenters. The van der Waals surface area contributed by atoms with Crippen molar-refractivity contribution in [1.29, 1.82) is 0 Å². The fraction of sp³-hybridized carbons (Fsp3) is 0.316. The second-order valence-corrected chi connectivity index (χ2v) is 6.42. The van der Waals surface area contributed by atoms with Gasteiger partial charge in [-0.05, 0) is 25.8 Å². The molecule has 1 aromatic carbocycles. The summed E-state index contributed by atoms with van der Waals surface area (Å²) in [6.45, 7) is 4.14. The lowest BCUT2D eigenvalue weighted by Gasteiger charge is -2.23. The van der Waals surface area contributed by atoms with Crippen molar-refractivity contribution >= 4 is 22.6 Å². The number of aryl methyl sites for hydroxylation is 1. The zero-order valence-corrected chi connectivity index (χ0v) is 13.8. The van der Waals surface area contributed by atoms with Gasteiger partial charge in [0.1, 0.15) is 5.82 Å². The number of imidazole rings is 1. The molecule has 1 aliphatic rings. The van der Waals surface area contributed by atoms with Gasteiger partial charge in [-0.3, -0.25) is 14.2 Å². The third kappa shape index (κ3) is 2.12. The summed E-state index contributed by atoms with van der Waals surface area (Å²) in [5, 5.41) is 0.889. The summed E-state index contributed by atoms with van der Waals surface area (Å²) >= 11 is 0. The van der Waals surface area contributed by atoms with E-state index in [1.54, 1.807) is 17.7 Å². The largest absolute Gasteiger partial charge is 0.334 e. The van der Waals surface area contributed by atoms with Crippen LogP contribution in [-0.2, 0) is 13.0 Å². The molecule has 0 spiro atoms. The predicted molar refractivity (Wildman–Crippen MR) is 91.3 cm³/mol. The standard InChI is InChI=1S/C19H19N3O2/c1-12-20-9-10-21(12)11-14-7-8-17-18(19(14)24)15-5-3-4-6-16(15)22(17)13(2)23/h3-6,9-10,14H,7-8,11H2,1-2H3. The number of carbonyl (C=O) groups is 2. The van der Waals surface area contributed by atoms with Gasteiger partial charge in [0.15, 0.2) is 5.78 Å². The summed E-state index contributed by atoms with van der Waals surface area (Å²) in [4.78, 5) is 29.5. The van der Waals surface area contributed by atoms with Crippen LogP contribution in [-0.4, -0.2) is 25.8 Å². The van der Waals surface area contributed by atoms with Crippen molar-refractivity contribution in [3.63, 3.8) is 0 Å². The van der Waals surface area contributed by atoms with E-state index in [1.165, 1.54) is 0 Å². The van der Waals surface area contributed by atoms with Crippen LogP contribution < -0.4 is 0 Å². The SMILES string of the molecule is CC(=O)n1c2c(c3ccccc31)C(=O)C(Cn1ccnc1C)CC2. The van der Waals surface area contributed by atoms with Crippen molar-refractivity contribution in [2.24, 2.45) is 5.92 Å². The van der Waals surface area contributed by atoms with E-state index < -0.39 is 0 Å². The number of hydrogen-bond acceptors (Lipinski definition) is 3. The zero-order valence-electron chi connectivity index (χ0n) is 13.8. The maximum atomic E-state index is 13.1. The lowest BCUT2D eigenvalue weighted by Crippen LogP contribution is -2.28. The molecule has 1 aliphatic carbocycles. The van der Waals surface area contributed by atoms with Gasteiger partial charge in [-0.25, -0.2) is 4.98 Å². The predicted octanol–water partition coefficient (Wildman–Crippen LogP) is 3.25. The molecule has 4 rings (SSSR count). The van der Waals surface area contributed by atoms with E-state index in [0.29, 0.717) is 6.54 Å². The minimum Gasteiger partial charge on any atom is -0.334 e. The molecule has 24 heavy (non-hydrogen) atoms. The summed E-state index contributed by atoms with van der Waals surface area (Å²) in [7, 11) is 0. The fourth-order valence-electron chi connectivity index (χ4n) is 3.82. The van der Waals surface area contributed by atoms with Gasteiger partial charge >= 0.3 is 0 Å². The van der Waals surface area contributed by atoms with Crippen molar-refractivity contribution in [2.45, 2.75) is 33.2 Å². The molecule has 5 nitrogen and oxygen atoms in total. The van der Waals surface area contributed by atoms with Crippen LogP contribution in [0, 0.1) is 12.8 Å². The highest BCUT2D eigenvalue weighted by Crippen LogP contribution is 2.35. The number of benzene rings is 1. The Balaban J connectivity index is 1.81. The van der Waals surface area contributed by atoms with Gasteiger partial charge < -0.3 is 4.57 Å². The fourth-order valence-corrected chi connectivity index (χ4v) is 3.82. The molecule has 1 atom stereocenters. The Morgan fingerprint density at radius 3 is 2.83 bits per heavy atom. The van der Waals surface area contributed by atoms with Gasteiger partial charge in [-0.15, -0.1) is 0 Å². The molecule has 0 aliphatic heterocycles. The van der Waals surface area contributed by atoms with E-state index in [4.69, 9.17) is 0 Å². The van der Waals surface area contributed by atoms with Gasteiger partial charge in [0.2, 0.25) is 5.91 Å². The van der Waals surface area contributed by atoms with E-state index >= 15 is 0 Å². The minimum absolute atomic E-state index is 0.0378. The van der Waals surface area contributed by atoms with E-state index in [-0.39, 0.29) is 17.6 Å². The number of aromatic nitrogens is 3. The minimum atomic E-state index is -0.0726. The normalized spacial score (nSPS) is 17.2. The Labute approximate surface area is 139 Å². The van der Waals surface area contributed by atoms with Crippen molar-refractivity contribution in [2.75, 3.05) is 0 Å². The molecule has 0 fully saturated rings. The van der Waals surface area contributed by atoms with Crippen molar-refractivity contribution < 1.29 is 9.59 Å². The van der Waals surface area contributed by atoms with Crippen LogP contribution >= 0.6 is 0 Å². The number of ketones is 1. The molecule has 3 aromatic rings. The molecule has 0 bridgehead atoms. The van der Waals surface area contributed by atoms with Crippen LogP contribution in [0.4, 0.5) is 0 Å². The average Bonchev–Trinajstić information content (AvgIpc) is 3.11. The Kier molecular flexibility index (Phi) is 3.37. The number of carbonyl (C=O) groups excluding carboxylic acids is 2. The zero-order chi connectivity index (χ0) is 16.8. The van der Waals surface area contributed by atoms with E-state index in [2.05, 4.69) is 4.98 Å². The first-order valence-electron chi connectivity index (χ1n) is 8.23. The van der Waals surface area contributed by atoms with Crippen molar-refractivity contribution in [3.8, 4) is 0 Å². The quantitative estimate of drug-likeness (QED) is 0.728. The van der Waals surface area contributed by atoms with Crippen molar-refractivity contribution in [1.82, 2.24) is 14.1 Å². The van der Waals surface area contributed by atoms with Gasteiger partial charge in [0.05, 0.1) is 5.52 Å². The summed E-state index contributed by atoms with van der Waals surface area (Å²) in [5.74, 6) is 0.945. The maximum Gasteiger partial charge on any atom is 0.228 e. The molecule has 122 valence electrons. The monoisotopic (exact) mass is 321 g/mol. The van der Waals surface area contributed by atoms with Crippen LogP contribution in [0.3, 0.4) is 0 Å². The number of para-hydroxylation sites is 1. The highest BCUT2D eigenvalue weighted by atomic mass is 16.2. The van der Waals surface area contributed by atoms with Crippen LogP contribution in [0.15, 0.2) is 36.7 Å². The lowest BCUT2D eigenvalue weighted by atomic mass is 9.85. The summed E-state index contributed by atoms with van der Waals surface area (Å²) in [6, 6.07) is 7.68. The summed E-state index contributed by atoms with van der Waals surface area (Å²) in [6.07, 6.45) is 5.17. The van der Waals surface area contributed by atoms with E-state index in [0.717, 1.165) is 40.8 Å². The first-order valence-corrected chi connectivity index (χ1v) is 8.23. The van der Waals surface area contributed by atoms with Gasteiger partial charge in [0, 0.05) is 48.4 Å². The number of rotatable bonds is 2. The first-order chi connectivity index (χ1) is 11.6. The molecular formula is C19H19N3O2. The Morgan fingerprint density at radius 1 is 1.33 bits per heavy atom. The third-order valence-electron chi connectivity index (χ3n) is 4.98. The number of fused-ring (bicyclic) bond motifs is 3. The average molecular weight is 321 g/mol. The molecule has 0 saturated heterocycles. The number of nitrogens with zero attached hydrogens (tertiary/aromatic N) is 3. The van der Waals surface area contributed by atoms with Crippen LogP contribution in [0.2, 0.25) is 0 Å². The molecule has 0 N–H and O–H groups in total. The van der Waals surface area contributed by atoms with Crippen LogP contribution in [0.5, 0.6) is 0 Å². The summed E-state index contributed by atoms with van der Waals surface area (Å²) in [5.41, 5.74) is 2.44. The van der Waals surface area contributed by atoms with Crippen molar-refractivity contribution in [3.05, 3.63) is 53.7 Å². The molecular weight excluding hydrogens is 302 g/mol. The second kappa shape index (κ2) is 5.44. The number of Topliss-reactive ketones (excluding diaryl/α,β-unsaturated/α-hetero) is 1. The molecule has 0 amide bonds. The van der Waals surface area contributed by atoms with E-state index in [9.17, 15) is 9.59 Å². The second-order valence-electron chi connectivity index (χ2n) is 6.42. The smallest absolute Gasteiger partial charge is 0.228 e. The van der Waals surface area contributed by atoms with Gasteiger partial charge in [0.25, 0.3) is 0 Å². The topological polar surface area (TPSA) is 56.9 Å². The number of hydrogen-bond donors (Lipinski definition) is 0. The van der Waals surface area contributed by atoms with Gasteiger partial charge in [-0.2, -0.15) is 0 Å². The third-order valence-corrected chi connectivity index (χ3v) is 4.98. The lowest BCUT2D eigenvalue weighted by molar-refractivity contribution is 0.0885. The highest BCUT2D eigenvalue weighted by molar-refractivity contribution is 6.13. The molecule has 0 saturated carbocycles. The van der Waals surface area contributed by atoms with Gasteiger partial charge in [-0.1, -0.05) is 18.2 Å². The molecule has 5 heteroatoms. The van der Waals surface area contributed by atoms with Crippen LogP contribution in [0.25, 0.3) is 10.9 Å². The Morgan fingerprint density at radius 2 is 2.12 bits per heavy atom. The Hall–Kier alpha value is -2.69. The molecule has 0 radical (unpaired) electrons. The maximum absolute atomic E-state index is 13.1.